The Bertz CT molecular complexity index is 1080. The van der Waals surface area contributed by atoms with Crippen molar-refractivity contribution in [2.24, 2.45) is 5.92 Å². The van der Waals surface area contributed by atoms with Gasteiger partial charge in [0, 0.05) is 42.0 Å². The molecule has 0 saturated heterocycles. The lowest BCUT2D eigenvalue weighted by atomic mass is 9.85. The molecule has 1 aliphatic rings. The van der Waals surface area contributed by atoms with Crippen molar-refractivity contribution in [3.63, 3.8) is 0 Å². The van der Waals surface area contributed by atoms with Crippen molar-refractivity contribution in [1.82, 2.24) is 20.6 Å². The number of hydrogen-bond donors (Lipinski definition) is 4. The Morgan fingerprint density at radius 3 is 1.95 bits per heavy atom. The summed E-state index contributed by atoms with van der Waals surface area (Å²) in [4.78, 5) is 38.8. The van der Waals surface area contributed by atoms with Crippen LogP contribution in [0.15, 0.2) is 36.8 Å². The molecule has 1 amide bonds. The van der Waals surface area contributed by atoms with Crippen LogP contribution in [0.2, 0.25) is 0 Å². The zero-order valence-corrected chi connectivity index (χ0v) is 21.3. The fourth-order valence-electron chi connectivity index (χ4n) is 3.50. The van der Waals surface area contributed by atoms with Crippen molar-refractivity contribution in [3.05, 3.63) is 42.4 Å². The maximum Gasteiger partial charge on any atom is 0.490 e. The van der Waals surface area contributed by atoms with E-state index in [-0.39, 0.29) is 11.8 Å². The number of aliphatic carboxylic acids is 2. The van der Waals surface area contributed by atoms with Crippen LogP contribution in [0.25, 0.3) is 11.3 Å². The third-order valence-electron chi connectivity index (χ3n) is 5.58. The van der Waals surface area contributed by atoms with E-state index in [1.165, 1.54) is 0 Å². The standard InChI is InChI=1S/C20H26N4O2.2C2HF3O2/c1-21-17-6-3-14(4-7-17)20(25)24-12-16-11-15(5-8-19(16)26-2)18-13-22-9-10-23-18;2*3-2(4,5)1(6)7/h5,8-11,13-14,17,21H,3-4,6-7,12H2,1-2H3,(H,24,25);2*(H,6,7). The van der Waals surface area contributed by atoms with Crippen LogP contribution >= 0.6 is 0 Å². The molecule has 3 rings (SSSR count). The molecule has 1 aliphatic carbocycles. The average Bonchev–Trinajstić information content (AvgIpc) is 2.91. The summed E-state index contributed by atoms with van der Waals surface area (Å²) >= 11 is 0. The molecule has 1 heterocycles. The number of amides is 1. The number of halogens is 6. The van der Waals surface area contributed by atoms with E-state index in [9.17, 15) is 31.1 Å². The van der Waals surface area contributed by atoms with Crippen LogP contribution in [-0.4, -0.2) is 70.6 Å². The molecule has 0 aliphatic heterocycles. The molecule has 0 spiro atoms. The zero-order chi connectivity index (χ0) is 30.5. The minimum Gasteiger partial charge on any atom is -0.496 e. The number of hydrogen-bond acceptors (Lipinski definition) is 7. The summed E-state index contributed by atoms with van der Waals surface area (Å²) in [7, 11) is 3.63. The summed E-state index contributed by atoms with van der Waals surface area (Å²) in [5.74, 6) is -4.52. The van der Waals surface area contributed by atoms with Crippen LogP contribution in [0.3, 0.4) is 0 Å². The third kappa shape index (κ3) is 11.8. The number of nitrogens with zero attached hydrogens (tertiary/aromatic N) is 2. The molecule has 1 fully saturated rings. The number of carboxylic acids is 2. The fourth-order valence-corrected chi connectivity index (χ4v) is 3.50. The number of carboxylic acid groups (broad SMARTS) is 2. The predicted molar refractivity (Wildman–Crippen MR) is 128 cm³/mol. The number of nitrogens with one attached hydrogen (secondary N) is 2. The first-order valence-corrected chi connectivity index (χ1v) is 11.6. The van der Waals surface area contributed by atoms with E-state index in [0.29, 0.717) is 12.6 Å². The molecular formula is C24H28F6N4O6. The molecule has 4 N–H and O–H groups in total. The van der Waals surface area contributed by atoms with E-state index < -0.39 is 24.3 Å². The molecule has 16 heteroatoms. The Hall–Kier alpha value is -3.95. The maximum atomic E-state index is 12.5. The van der Waals surface area contributed by atoms with Gasteiger partial charge in [0.2, 0.25) is 5.91 Å². The molecule has 40 heavy (non-hydrogen) atoms. The third-order valence-corrected chi connectivity index (χ3v) is 5.58. The number of methoxy groups -OCH3 is 1. The van der Waals surface area contributed by atoms with E-state index in [0.717, 1.165) is 48.3 Å². The second-order valence-electron chi connectivity index (χ2n) is 8.28. The topological polar surface area (TPSA) is 151 Å². The van der Waals surface area contributed by atoms with E-state index in [4.69, 9.17) is 24.5 Å². The molecule has 0 bridgehead atoms. The molecule has 1 aromatic heterocycles. The monoisotopic (exact) mass is 582 g/mol. The lowest BCUT2D eigenvalue weighted by molar-refractivity contribution is -0.193. The van der Waals surface area contributed by atoms with Crippen LogP contribution < -0.4 is 15.4 Å². The predicted octanol–water partition coefficient (Wildman–Crippen LogP) is 3.81. The molecular weight excluding hydrogens is 554 g/mol. The Balaban J connectivity index is 0.000000473. The van der Waals surface area contributed by atoms with Crippen LogP contribution in [0, 0.1) is 5.92 Å². The minimum atomic E-state index is -5.08. The van der Waals surface area contributed by atoms with Gasteiger partial charge >= 0.3 is 24.3 Å². The molecule has 0 unspecified atom stereocenters. The Morgan fingerprint density at radius 2 is 1.52 bits per heavy atom. The lowest BCUT2D eigenvalue weighted by Crippen LogP contribution is -2.37. The molecule has 0 atom stereocenters. The first kappa shape index (κ1) is 34.1. The number of aromatic nitrogens is 2. The van der Waals surface area contributed by atoms with Crippen LogP contribution in [0.5, 0.6) is 5.75 Å². The summed E-state index contributed by atoms with van der Waals surface area (Å²) in [6, 6.07) is 6.40. The van der Waals surface area contributed by atoms with Crippen LogP contribution in [0.1, 0.15) is 31.2 Å². The Kier molecular flexibility index (Phi) is 13.3. The van der Waals surface area contributed by atoms with Crippen LogP contribution in [-0.2, 0) is 20.9 Å². The van der Waals surface area contributed by atoms with E-state index in [2.05, 4.69) is 20.6 Å². The number of carbonyl (C=O) groups is 3. The van der Waals surface area contributed by atoms with Gasteiger partial charge in [0.1, 0.15) is 5.75 Å². The lowest BCUT2D eigenvalue weighted by Gasteiger charge is -2.27. The number of rotatable bonds is 6. The van der Waals surface area contributed by atoms with Gasteiger partial charge in [-0.1, -0.05) is 0 Å². The van der Waals surface area contributed by atoms with Gasteiger partial charge in [-0.05, 0) is 50.9 Å². The van der Waals surface area contributed by atoms with Gasteiger partial charge < -0.3 is 25.6 Å². The molecule has 222 valence electrons. The molecule has 10 nitrogen and oxygen atoms in total. The number of benzene rings is 1. The van der Waals surface area contributed by atoms with Crippen molar-refractivity contribution in [1.29, 1.82) is 0 Å². The molecule has 1 saturated carbocycles. The normalized spacial score (nSPS) is 16.8. The van der Waals surface area contributed by atoms with Gasteiger partial charge in [0.15, 0.2) is 0 Å². The van der Waals surface area contributed by atoms with Gasteiger partial charge in [-0.15, -0.1) is 0 Å². The summed E-state index contributed by atoms with van der Waals surface area (Å²) in [6.45, 7) is 0.446. The zero-order valence-electron chi connectivity index (χ0n) is 21.3. The van der Waals surface area contributed by atoms with E-state index in [1.54, 1.807) is 25.7 Å². The summed E-state index contributed by atoms with van der Waals surface area (Å²) in [5.41, 5.74) is 2.69. The van der Waals surface area contributed by atoms with E-state index in [1.807, 2.05) is 25.2 Å². The second-order valence-corrected chi connectivity index (χ2v) is 8.28. The quantitative estimate of drug-likeness (QED) is 0.373. The van der Waals surface area contributed by atoms with Gasteiger partial charge in [-0.3, -0.25) is 14.8 Å². The Morgan fingerprint density at radius 1 is 0.975 bits per heavy atom. The average molecular weight is 582 g/mol. The fraction of sp³-hybridized carbons (Fsp3) is 0.458. The number of carbonyl (C=O) groups excluding carboxylic acids is 1. The summed E-state index contributed by atoms with van der Waals surface area (Å²) < 4.78 is 68.9. The second kappa shape index (κ2) is 15.6. The van der Waals surface area contributed by atoms with Crippen molar-refractivity contribution in [2.45, 2.75) is 50.6 Å². The van der Waals surface area contributed by atoms with Crippen molar-refractivity contribution < 1.29 is 55.7 Å². The first-order chi connectivity index (χ1) is 18.6. The minimum absolute atomic E-state index is 0.105. The molecule has 0 radical (unpaired) electrons. The van der Waals surface area contributed by atoms with Crippen molar-refractivity contribution >= 4 is 17.8 Å². The highest BCUT2D eigenvalue weighted by Gasteiger charge is 2.38. The molecule has 1 aromatic carbocycles. The summed E-state index contributed by atoms with van der Waals surface area (Å²) in [6.07, 6.45) is -1.13. The van der Waals surface area contributed by atoms with Gasteiger partial charge in [0.05, 0.1) is 19.0 Å². The highest BCUT2D eigenvalue weighted by Crippen LogP contribution is 2.27. The Labute approximate surface area is 224 Å². The van der Waals surface area contributed by atoms with Gasteiger partial charge in [-0.25, -0.2) is 9.59 Å². The SMILES string of the molecule is CNC1CCC(C(=O)NCc2cc(-c3cnccn3)ccc2OC)CC1.O=C(O)C(F)(F)F.O=C(O)C(F)(F)F. The number of alkyl halides is 6. The largest absolute Gasteiger partial charge is 0.496 e. The van der Waals surface area contributed by atoms with Crippen molar-refractivity contribution in [2.75, 3.05) is 14.2 Å². The highest BCUT2D eigenvalue weighted by atomic mass is 19.4. The smallest absolute Gasteiger partial charge is 0.490 e. The first-order valence-electron chi connectivity index (χ1n) is 11.6. The maximum absolute atomic E-state index is 12.5. The van der Waals surface area contributed by atoms with Crippen molar-refractivity contribution in [3.8, 4) is 17.0 Å². The molecule has 2 aromatic rings. The van der Waals surface area contributed by atoms with Crippen LogP contribution in [0.4, 0.5) is 26.3 Å². The number of ether oxygens (including phenoxy) is 1. The van der Waals surface area contributed by atoms with Gasteiger partial charge in [0.25, 0.3) is 0 Å². The van der Waals surface area contributed by atoms with E-state index >= 15 is 0 Å². The summed E-state index contributed by atoms with van der Waals surface area (Å²) in [5, 5.41) is 20.6. The van der Waals surface area contributed by atoms with Gasteiger partial charge in [-0.2, -0.15) is 26.3 Å². The highest BCUT2D eigenvalue weighted by molar-refractivity contribution is 5.79.